The molecule has 1 aliphatic heterocycles. The Hall–Kier alpha value is -1.60. The summed E-state index contributed by atoms with van der Waals surface area (Å²) in [5.41, 5.74) is 1.05. The molecule has 0 radical (unpaired) electrons. The molecule has 21 heavy (non-hydrogen) atoms. The minimum atomic E-state index is -3.55. The van der Waals surface area contributed by atoms with E-state index in [0.717, 1.165) is 0 Å². The first-order valence-electron chi connectivity index (χ1n) is 6.39. The highest BCUT2D eigenvalue weighted by atomic mass is 32.2. The Bertz CT molecular complexity index is 765. The topological polar surface area (TPSA) is 50.3 Å². The second-order valence-electron chi connectivity index (χ2n) is 4.63. The molecule has 0 aliphatic carbocycles. The normalized spacial score (nSPS) is 14.8. The SMILES string of the molecule is O=S(=O)(Cc1cccc(F)c1)N1CCSc2ncccc21. The fourth-order valence-electron chi connectivity index (χ4n) is 2.23. The molecule has 2 heterocycles. The molecular formula is C14H13FN2O2S2. The van der Waals surface area contributed by atoms with Crippen molar-refractivity contribution < 1.29 is 12.8 Å². The van der Waals surface area contributed by atoms with E-state index in [1.165, 1.54) is 22.5 Å². The van der Waals surface area contributed by atoms with Crippen molar-refractivity contribution in [1.29, 1.82) is 0 Å². The van der Waals surface area contributed by atoms with Crippen LogP contribution in [0, 0.1) is 5.82 Å². The Labute approximate surface area is 127 Å². The Morgan fingerprint density at radius 3 is 2.95 bits per heavy atom. The predicted molar refractivity (Wildman–Crippen MR) is 81.3 cm³/mol. The average Bonchev–Trinajstić information content (AvgIpc) is 2.46. The van der Waals surface area contributed by atoms with Crippen LogP contribution in [-0.4, -0.2) is 25.7 Å². The van der Waals surface area contributed by atoms with Crippen molar-refractivity contribution in [2.45, 2.75) is 10.8 Å². The van der Waals surface area contributed by atoms with Gasteiger partial charge in [-0.05, 0) is 29.8 Å². The van der Waals surface area contributed by atoms with Crippen molar-refractivity contribution in [1.82, 2.24) is 4.98 Å². The van der Waals surface area contributed by atoms with Gasteiger partial charge in [-0.15, -0.1) is 11.8 Å². The van der Waals surface area contributed by atoms with Crippen LogP contribution in [0.3, 0.4) is 0 Å². The van der Waals surface area contributed by atoms with Gasteiger partial charge in [0, 0.05) is 18.5 Å². The fourth-order valence-corrected chi connectivity index (χ4v) is 4.91. The first kappa shape index (κ1) is 14.3. The molecule has 0 unspecified atom stereocenters. The third-order valence-corrected chi connectivity index (χ3v) is 5.85. The second kappa shape index (κ2) is 5.65. The van der Waals surface area contributed by atoms with Crippen molar-refractivity contribution in [3.05, 3.63) is 54.0 Å². The zero-order chi connectivity index (χ0) is 14.9. The van der Waals surface area contributed by atoms with E-state index < -0.39 is 15.8 Å². The van der Waals surface area contributed by atoms with Gasteiger partial charge in [-0.2, -0.15) is 0 Å². The lowest BCUT2D eigenvalue weighted by Gasteiger charge is -2.29. The molecule has 0 amide bonds. The molecule has 0 atom stereocenters. The smallest absolute Gasteiger partial charge is 0.239 e. The molecule has 7 heteroatoms. The Morgan fingerprint density at radius 1 is 1.29 bits per heavy atom. The lowest BCUT2D eigenvalue weighted by atomic mass is 10.2. The molecule has 3 rings (SSSR count). The molecule has 0 bridgehead atoms. The van der Waals surface area contributed by atoms with Gasteiger partial charge in [0.25, 0.3) is 0 Å². The van der Waals surface area contributed by atoms with Crippen LogP contribution in [0.25, 0.3) is 0 Å². The fraction of sp³-hybridized carbons (Fsp3) is 0.214. The van der Waals surface area contributed by atoms with E-state index in [9.17, 15) is 12.8 Å². The van der Waals surface area contributed by atoms with E-state index in [2.05, 4.69) is 4.98 Å². The third kappa shape index (κ3) is 3.03. The zero-order valence-electron chi connectivity index (χ0n) is 11.1. The largest absolute Gasteiger partial charge is 0.266 e. The van der Waals surface area contributed by atoms with Crippen LogP contribution < -0.4 is 4.31 Å². The maximum atomic E-state index is 13.2. The average molecular weight is 324 g/mol. The van der Waals surface area contributed by atoms with E-state index >= 15 is 0 Å². The number of pyridine rings is 1. The van der Waals surface area contributed by atoms with E-state index in [0.29, 0.717) is 28.6 Å². The van der Waals surface area contributed by atoms with Gasteiger partial charge in [-0.25, -0.2) is 17.8 Å². The lowest BCUT2D eigenvalue weighted by molar-refractivity contribution is 0.589. The molecule has 1 aromatic heterocycles. The van der Waals surface area contributed by atoms with E-state index in [1.54, 1.807) is 36.2 Å². The molecule has 0 spiro atoms. The quantitative estimate of drug-likeness (QED) is 0.871. The van der Waals surface area contributed by atoms with Crippen LogP contribution in [0.5, 0.6) is 0 Å². The summed E-state index contributed by atoms with van der Waals surface area (Å²) in [6.45, 7) is 0.404. The summed E-state index contributed by atoms with van der Waals surface area (Å²) in [6, 6.07) is 9.14. The molecule has 1 aromatic carbocycles. The number of halogens is 1. The van der Waals surface area contributed by atoms with Crippen LogP contribution in [-0.2, 0) is 15.8 Å². The minimum absolute atomic E-state index is 0.218. The van der Waals surface area contributed by atoms with Gasteiger partial charge in [0.15, 0.2) is 0 Å². The van der Waals surface area contributed by atoms with Crippen molar-refractivity contribution in [2.75, 3.05) is 16.6 Å². The molecule has 0 fully saturated rings. The summed E-state index contributed by atoms with van der Waals surface area (Å²) in [4.78, 5) is 4.20. The molecule has 4 nitrogen and oxygen atoms in total. The first-order valence-corrected chi connectivity index (χ1v) is 8.98. The van der Waals surface area contributed by atoms with Gasteiger partial charge in [0.2, 0.25) is 10.0 Å². The van der Waals surface area contributed by atoms with Crippen molar-refractivity contribution >= 4 is 27.5 Å². The molecule has 0 saturated carbocycles. The van der Waals surface area contributed by atoms with Crippen molar-refractivity contribution in [3.8, 4) is 0 Å². The monoisotopic (exact) mass is 324 g/mol. The third-order valence-electron chi connectivity index (χ3n) is 3.13. The number of nitrogens with zero attached hydrogens (tertiary/aromatic N) is 2. The van der Waals surface area contributed by atoms with Gasteiger partial charge < -0.3 is 0 Å². The number of fused-ring (bicyclic) bond motifs is 1. The summed E-state index contributed by atoms with van der Waals surface area (Å²) in [6.07, 6.45) is 1.65. The highest BCUT2D eigenvalue weighted by Gasteiger charge is 2.28. The summed E-state index contributed by atoms with van der Waals surface area (Å²) >= 11 is 1.54. The molecule has 0 N–H and O–H groups in total. The maximum Gasteiger partial charge on any atom is 0.239 e. The number of thioether (sulfide) groups is 1. The van der Waals surface area contributed by atoms with Crippen LogP contribution >= 0.6 is 11.8 Å². The van der Waals surface area contributed by atoms with Gasteiger partial charge in [0.05, 0.1) is 11.4 Å². The Kier molecular flexibility index (Phi) is 3.86. The van der Waals surface area contributed by atoms with Crippen LogP contribution in [0.1, 0.15) is 5.56 Å². The van der Waals surface area contributed by atoms with E-state index in [4.69, 9.17) is 0 Å². The second-order valence-corrected chi connectivity index (χ2v) is 7.61. The molecular weight excluding hydrogens is 311 g/mol. The van der Waals surface area contributed by atoms with Gasteiger partial charge in [-0.1, -0.05) is 12.1 Å². The van der Waals surface area contributed by atoms with Crippen LogP contribution in [0.15, 0.2) is 47.6 Å². The summed E-state index contributed by atoms with van der Waals surface area (Å²) in [5, 5.41) is 0.714. The number of hydrogen-bond donors (Lipinski definition) is 0. The van der Waals surface area contributed by atoms with Gasteiger partial charge >= 0.3 is 0 Å². The highest BCUT2D eigenvalue weighted by Crippen LogP contribution is 2.34. The van der Waals surface area contributed by atoms with Crippen LogP contribution in [0.2, 0.25) is 0 Å². The molecule has 1 aliphatic rings. The van der Waals surface area contributed by atoms with Crippen molar-refractivity contribution in [3.63, 3.8) is 0 Å². The summed E-state index contributed by atoms with van der Waals surface area (Å²) < 4.78 is 39.8. The zero-order valence-corrected chi connectivity index (χ0v) is 12.7. The highest BCUT2D eigenvalue weighted by molar-refractivity contribution is 7.99. The number of sulfonamides is 1. The van der Waals surface area contributed by atoms with E-state index in [1.807, 2.05) is 0 Å². The van der Waals surface area contributed by atoms with Crippen molar-refractivity contribution in [2.24, 2.45) is 0 Å². The first-order chi connectivity index (χ1) is 10.1. The van der Waals surface area contributed by atoms with E-state index in [-0.39, 0.29) is 5.75 Å². The summed E-state index contributed by atoms with van der Waals surface area (Å²) in [7, 11) is -3.55. The maximum absolute atomic E-state index is 13.2. The standard InChI is InChI=1S/C14H13FN2O2S2/c15-12-4-1-3-11(9-12)10-21(18,19)17-7-8-20-14-13(17)5-2-6-16-14/h1-6,9H,7-8,10H2. The van der Waals surface area contributed by atoms with Crippen LogP contribution in [0.4, 0.5) is 10.1 Å². The number of benzene rings is 1. The Balaban J connectivity index is 1.93. The number of anilines is 1. The lowest BCUT2D eigenvalue weighted by Crippen LogP contribution is -2.36. The minimum Gasteiger partial charge on any atom is -0.266 e. The molecule has 0 saturated heterocycles. The van der Waals surface area contributed by atoms with Gasteiger partial charge in [-0.3, -0.25) is 4.31 Å². The number of hydrogen-bond acceptors (Lipinski definition) is 4. The number of rotatable bonds is 3. The summed E-state index contributed by atoms with van der Waals surface area (Å²) in [5.74, 6) is 0.00912. The predicted octanol–water partition coefficient (Wildman–Crippen LogP) is 2.66. The van der Waals surface area contributed by atoms with Gasteiger partial charge in [0.1, 0.15) is 10.8 Å². The molecule has 2 aromatic rings. The Morgan fingerprint density at radius 2 is 2.14 bits per heavy atom. The molecule has 110 valence electrons. The number of aromatic nitrogens is 1.